The van der Waals surface area contributed by atoms with E-state index in [-0.39, 0.29) is 0 Å². The molecule has 0 heterocycles. The fourth-order valence-corrected chi connectivity index (χ4v) is 6.82. The molecule has 0 N–H and O–H groups in total. The Labute approximate surface area is 171 Å². The fourth-order valence-electron chi connectivity index (χ4n) is 6.82. The van der Waals surface area contributed by atoms with E-state index in [1.165, 1.54) is 64.2 Å². The second-order valence-electron chi connectivity index (χ2n) is 10.6. The molecule has 0 radical (unpaired) electrons. The van der Waals surface area contributed by atoms with Crippen LogP contribution in [0.2, 0.25) is 0 Å². The van der Waals surface area contributed by atoms with Crippen molar-refractivity contribution < 1.29 is 0 Å². The zero-order valence-corrected chi connectivity index (χ0v) is 18.6. The highest BCUT2D eigenvalue weighted by Gasteiger charge is 2.30. The van der Waals surface area contributed by atoms with E-state index in [0.717, 1.165) is 35.5 Å². The van der Waals surface area contributed by atoms with Crippen LogP contribution in [0.25, 0.3) is 0 Å². The second kappa shape index (κ2) is 11.7. The summed E-state index contributed by atoms with van der Waals surface area (Å²) in [5, 5.41) is 0. The van der Waals surface area contributed by atoms with Gasteiger partial charge in [0, 0.05) is 0 Å². The van der Waals surface area contributed by atoms with Crippen molar-refractivity contribution in [3.05, 3.63) is 12.2 Å². The largest absolute Gasteiger partial charge is 0.0914 e. The van der Waals surface area contributed by atoms with Gasteiger partial charge in [-0.05, 0) is 93.8 Å². The van der Waals surface area contributed by atoms with E-state index in [1.54, 1.807) is 44.9 Å². The Morgan fingerprint density at radius 1 is 0.593 bits per heavy atom. The van der Waals surface area contributed by atoms with Gasteiger partial charge in [0.1, 0.15) is 0 Å². The molecule has 156 valence electrons. The normalized spacial score (nSPS) is 38.3. The summed E-state index contributed by atoms with van der Waals surface area (Å²) in [6.45, 7) is 4.57. The summed E-state index contributed by atoms with van der Waals surface area (Å²) >= 11 is 0. The van der Waals surface area contributed by atoms with E-state index < -0.39 is 0 Å². The summed E-state index contributed by atoms with van der Waals surface area (Å²) in [6.07, 6.45) is 30.6. The van der Waals surface area contributed by atoms with Gasteiger partial charge in [-0.3, -0.25) is 0 Å². The maximum Gasteiger partial charge on any atom is -0.0233 e. The Morgan fingerprint density at radius 3 is 1.48 bits per heavy atom. The van der Waals surface area contributed by atoms with Gasteiger partial charge >= 0.3 is 0 Å². The van der Waals surface area contributed by atoms with Crippen molar-refractivity contribution in [2.75, 3.05) is 0 Å². The van der Waals surface area contributed by atoms with Gasteiger partial charge in [-0.1, -0.05) is 76.9 Å². The van der Waals surface area contributed by atoms with Crippen molar-refractivity contribution in [3.8, 4) is 0 Å². The minimum Gasteiger partial charge on any atom is -0.0914 e. The van der Waals surface area contributed by atoms with Gasteiger partial charge in [-0.25, -0.2) is 0 Å². The Hall–Kier alpha value is -0.260. The Kier molecular flexibility index (Phi) is 9.27. The van der Waals surface area contributed by atoms with Crippen molar-refractivity contribution in [3.63, 3.8) is 0 Å². The molecule has 0 aromatic carbocycles. The van der Waals surface area contributed by atoms with Crippen LogP contribution in [0.4, 0.5) is 0 Å². The van der Waals surface area contributed by atoms with Crippen molar-refractivity contribution in [2.24, 2.45) is 35.5 Å². The summed E-state index contributed by atoms with van der Waals surface area (Å²) in [5.41, 5.74) is 0. The lowest BCUT2D eigenvalue weighted by Gasteiger charge is -2.37. The number of rotatable bonds is 8. The second-order valence-corrected chi connectivity index (χ2v) is 10.6. The monoisotopic (exact) mass is 372 g/mol. The van der Waals surface area contributed by atoms with Crippen LogP contribution in [0, 0.1) is 35.5 Å². The molecule has 0 aromatic rings. The van der Waals surface area contributed by atoms with E-state index in [2.05, 4.69) is 26.0 Å². The third-order valence-corrected chi connectivity index (χ3v) is 8.86. The van der Waals surface area contributed by atoms with E-state index in [1.807, 2.05) is 0 Å². The summed E-state index contributed by atoms with van der Waals surface area (Å²) in [5.74, 6) is 6.31. The maximum absolute atomic E-state index is 2.45. The molecule has 3 aliphatic rings. The third-order valence-electron chi connectivity index (χ3n) is 8.86. The highest BCUT2D eigenvalue weighted by molar-refractivity contribution is 4.88. The maximum atomic E-state index is 2.45. The van der Waals surface area contributed by atoms with E-state index >= 15 is 0 Å². The minimum absolute atomic E-state index is 0.901. The molecular weight excluding hydrogens is 324 g/mol. The summed E-state index contributed by atoms with van der Waals surface area (Å²) in [6, 6.07) is 0. The van der Waals surface area contributed by atoms with Gasteiger partial charge < -0.3 is 0 Å². The van der Waals surface area contributed by atoms with Gasteiger partial charge in [0.25, 0.3) is 0 Å². The zero-order chi connectivity index (χ0) is 18.9. The fraction of sp³-hybridized carbons (Fsp3) is 0.926. The van der Waals surface area contributed by atoms with Gasteiger partial charge in [0.2, 0.25) is 0 Å². The quantitative estimate of drug-likeness (QED) is 0.294. The number of unbranched alkanes of at least 4 members (excludes halogenated alkanes) is 1. The molecule has 0 nitrogen and oxygen atoms in total. The number of hydrogen-bond donors (Lipinski definition) is 0. The van der Waals surface area contributed by atoms with Gasteiger partial charge in [-0.15, -0.1) is 0 Å². The van der Waals surface area contributed by atoms with Crippen molar-refractivity contribution >= 4 is 0 Å². The predicted octanol–water partition coefficient (Wildman–Crippen LogP) is 8.95. The van der Waals surface area contributed by atoms with Gasteiger partial charge in [0.15, 0.2) is 0 Å². The lowest BCUT2D eigenvalue weighted by atomic mass is 9.68. The standard InChI is InChI=1S/C27H48/c1-3-7-23-10-12-24(13-11-23)8-5-6-9-25-16-20-27(21-17-25)26-18-14-22(4-2)15-19-26/h3,7,22-27H,4-6,8-21H2,1-2H3/b7-3+. The lowest BCUT2D eigenvalue weighted by molar-refractivity contribution is 0.141. The molecular formula is C27H48. The highest BCUT2D eigenvalue weighted by Crippen LogP contribution is 2.43. The Morgan fingerprint density at radius 2 is 1.04 bits per heavy atom. The molecule has 0 heteroatoms. The van der Waals surface area contributed by atoms with E-state index in [4.69, 9.17) is 0 Å². The van der Waals surface area contributed by atoms with E-state index in [0.29, 0.717) is 0 Å². The molecule has 3 fully saturated rings. The molecule has 0 unspecified atom stereocenters. The third kappa shape index (κ3) is 6.93. The molecule has 0 amide bonds. The topological polar surface area (TPSA) is 0 Å². The van der Waals surface area contributed by atoms with Crippen LogP contribution in [0.3, 0.4) is 0 Å². The molecule has 0 saturated heterocycles. The smallest absolute Gasteiger partial charge is 0.0233 e. The van der Waals surface area contributed by atoms with Crippen molar-refractivity contribution in [1.82, 2.24) is 0 Å². The molecule has 3 aliphatic carbocycles. The van der Waals surface area contributed by atoms with Crippen LogP contribution in [0.5, 0.6) is 0 Å². The first-order valence-electron chi connectivity index (χ1n) is 12.9. The van der Waals surface area contributed by atoms with Crippen LogP contribution < -0.4 is 0 Å². The van der Waals surface area contributed by atoms with Crippen LogP contribution >= 0.6 is 0 Å². The van der Waals surface area contributed by atoms with Crippen molar-refractivity contribution in [1.29, 1.82) is 0 Å². The average molecular weight is 373 g/mol. The SMILES string of the molecule is C/C=C/C1CCC(CCCCC2CCC(C3CCC(CC)CC3)CC2)CC1. The summed E-state index contributed by atoms with van der Waals surface area (Å²) in [4.78, 5) is 0. The number of allylic oxidation sites excluding steroid dienone is 2. The molecule has 0 spiro atoms. The van der Waals surface area contributed by atoms with Gasteiger partial charge in [-0.2, -0.15) is 0 Å². The molecule has 3 rings (SSSR count). The minimum atomic E-state index is 0.901. The molecule has 3 saturated carbocycles. The van der Waals surface area contributed by atoms with Crippen LogP contribution in [0.15, 0.2) is 12.2 Å². The van der Waals surface area contributed by atoms with Gasteiger partial charge in [0.05, 0.1) is 0 Å². The molecule has 0 aromatic heterocycles. The molecule has 0 aliphatic heterocycles. The first kappa shape index (κ1) is 21.4. The first-order valence-corrected chi connectivity index (χ1v) is 12.9. The lowest BCUT2D eigenvalue weighted by Crippen LogP contribution is -2.25. The summed E-state index contributed by atoms with van der Waals surface area (Å²) in [7, 11) is 0. The first-order chi connectivity index (χ1) is 13.3. The predicted molar refractivity (Wildman–Crippen MR) is 120 cm³/mol. The van der Waals surface area contributed by atoms with Crippen molar-refractivity contribution in [2.45, 2.75) is 123 Å². The molecule has 0 atom stereocenters. The zero-order valence-electron chi connectivity index (χ0n) is 18.6. The Balaban J connectivity index is 1.22. The average Bonchev–Trinajstić information content (AvgIpc) is 2.73. The van der Waals surface area contributed by atoms with E-state index in [9.17, 15) is 0 Å². The Bertz CT molecular complexity index is 398. The summed E-state index contributed by atoms with van der Waals surface area (Å²) < 4.78 is 0. The molecule has 0 bridgehead atoms. The highest BCUT2D eigenvalue weighted by atomic mass is 14.4. The molecule has 27 heavy (non-hydrogen) atoms. The van der Waals surface area contributed by atoms with Crippen LogP contribution in [-0.4, -0.2) is 0 Å². The van der Waals surface area contributed by atoms with Crippen LogP contribution in [-0.2, 0) is 0 Å². The number of hydrogen-bond acceptors (Lipinski definition) is 0. The van der Waals surface area contributed by atoms with Crippen LogP contribution in [0.1, 0.15) is 123 Å².